The van der Waals surface area contributed by atoms with Gasteiger partial charge in [0, 0.05) is 42.9 Å². The Hall–Kier alpha value is -2.40. The van der Waals surface area contributed by atoms with E-state index in [0.717, 1.165) is 48.8 Å². The molecule has 1 saturated heterocycles. The minimum Gasteiger partial charge on any atom is -0.381 e. The number of hydrogen-bond acceptors (Lipinski definition) is 3. The van der Waals surface area contributed by atoms with Crippen LogP contribution < -0.4 is 0 Å². The second-order valence-corrected chi connectivity index (χ2v) is 6.77. The molecule has 1 aromatic heterocycles. The summed E-state index contributed by atoms with van der Waals surface area (Å²) in [5, 5.41) is 4.63. The average molecular weight is 353 g/mol. The standard InChI is InChI=1S/C21H27N3O2/c1-4-23(14-18-12-13-26-15-18)21(25)11-10-20-16(2)22-24(17(20)3)19-8-6-5-7-9-19/h5-11,18H,4,12-15H2,1-3H3. The van der Waals surface area contributed by atoms with Gasteiger partial charge in [0.2, 0.25) is 5.91 Å². The van der Waals surface area contributed by atoms with Gasteiger partial charge in [0.25, 0.3) is 0 Å². The molecule has 0 saturated carbocycles. The molecule has 0 N–H and O–H groups in total. The lowest BCUT2D eigenvalue weighted by Crippen LogP contribution is -2.34. The largest absolute Gasteiger partial charge is 0.381 e. The van der Waals surface area contributed by atoms with Gasteiger partial charge in [0.15, 0.2) is 0 Å². The van der Waals surface area contributed by atoms with E-state index in [0.29, 0.717) is 12.5 Å². The Bertz CT molecular complexity index is 774. The number of likely N-dealkylation sites (N-methyl/N-ethyl adjacent to an activating group) is 1. The highest BCUT2D eigenvalue weighted by Gasteiger charge is 2.20. The summed E-state index contributed by atoms with van der Waals surface area (Å²) in [5.41, 5.74) is 3.98. The number of rotatable bonds is 6. The molecule has 26 heavy (non-hydrogen) atoms. The summed E-state index contributed by atoms with van der Waals surface area (Å²) in [6.07, 6.45) is 4.61. The van der Waals surface area contributed by atoms with Crippen molar-refractivity contribution in [2.75, 3.05) is 26.3 Å². The van der Waals surface area contributed by atoms with Gasteiger partial charge in [0.1, 0.15) is 0 Å². The third-order valence-corrected chi connectivity index (χ3v) is 4.94. The van der Waals surface area contributed by atoms with Crippen LogP contribution in [0, 0.1) is 19.8 Å². The summed E-state index contributed by atoms with van der Waals surface area (Å²) in [6.45, 7) is 9.07. The lowest BCUT2D eigenvalue weighted by Gasteiger charge is -2.22. The monoisotopic (exact) mass is 353 g/mol. The summed E-state index contributed by atoms with van der Waals surface area (Å²) in [6, 6.07) is 10.0. The molecule has 5 heteroatoms. The lowest BCUT2D eigenvalue weighted by molar-refractivity contribution is -0.126. The van der Waals surface area contributed by atoms with Crippen LogP contribution in [0.4, 0.5) is 0 Å². The molecule has 2 heterocycles. The van der Waals surface area contributed by atoms with Crippen LogP contribution in [0.25, 0.3) is 11.8 Å². The van der Waals surface area contributed by atoms with Gasteiger partial charge in [-0.15, -0.1) is 0 Å². The smallest absolute Gasteiger partial charge is 0.246 e. The van der Waals surface area contributed by atoms with Gasteiger partial charge < -0.3 is 9.64 Å². The summed E-state index contributed by atoms with van der Waals surface area (Å²) >= 11 is 0. The molecule has 0 spiro atoms. The predicted octanol–water partition coefficient (Wildman–Crippen LogP) is 3.39. The maximum absolute atomic E-state index is 12.6. The molecular weight excluding hydrogens is 326 g/mol. The van der Waals surface area contributed by atoms with Crippen LogP contribution in [0.15, 0.2) is 36.4 Å². The van der Waals surface area contributed by atoms with E-state index in [1.54, 1.807) is 6.08 Å². The molecule has 1 aliphatic heterocycles. The van der Waals surface area contributed by atoms with Crippen LogP contribution in [0.2, 0.25) is 0 Å². The van der Waals surface area contributed by atoms with Crippen molar-refractivity contribution in [1.29, 1.82) is 0 Å². The number of nitrogens with zero attached hydrogens (tertiary/aromatic N) is 3. The van der Waals surface area contributed by atoms with Crippen molar-refractivity contribution >= 4 is 12.0 Å². The van der Waals surface area contributed by atoms with Gasteiger partial charge in [0.05, 0.1) is 18.0 Å². The Morgan fingerprint density at radius 3 is 2.77 bits per heavy atom. The van der Waals surface area contributed by atoms with Crippen molar-refractivity contribution in [2.45, 2.75) is 27.2 Å². The quantitative estimate of drug-likeness (QED) is 0.748. The van der Waals surface area contributed by atoms with Crippen LogP contribution in [-0.4, -0.2) is 46.9 Å². The fourth-order valence-electron chi connectivity index (χ4n) is 3.39. The van der Waals surface area contributed by atoms with Gasteiger partial charge in [-0.2, -0.15) is 5.10 Å². The summed E-state index contributed by atoms with van der Waals surface area (Å²) in [4.78, 5) is 14.5. The van der Waals surface area contributed by atoms with E-state index in [9.17, 15) is 4.79 Å². The van der Waals surface area contributed by atoms with Gasteiger partial charge in [-0.05, 0) is 45.4 Å². The molecule has 2 aromatic rings. The molecule has 0 radical (unpaired) electrons. The molecule has 0 bridgehead atoms. The minimum absolute atomic E-state index is 0.0469. The first-order valence-corrected chi connectivity index (χ1v) is 9.26. The first kappa shape index (κ1) is 18.4. The van der Waals surface area contributed by atoms with E-state index in [2.05, 4.69) is 5.10 Å². The third-order valence-electron chi connectivity index (χ3n) is 4.94. The zero-order valence-electron chi connectivity index (χ0n) is 15.8. The highest BCUT2D eigenvalue weighted by Crippen LogP contribution is 2.19. The maximum atomic E-state index is 12.6. The number of hydrogen-bond donors (Lipinski definition) is 0. The van der Waals surface area contributed by atoms with Gasteiger partial charge in [-0.25, -0.2) is 4.68 Å². The maximum Gasteiger partial charge on any atom is 0.246 e. The van der Waals surface area contributed by atoms with Crippen LogP contribution in [0.3, 0.4) is 0 Å². The highest BCUT2D eigenvalue weighted by atomic mass is 16.5. The van der Waals surface area contributed by atoms with E-state index in [1.807, 2.05) is 66.8 Å². The number of benzene rings is 1. The molecule has 138 valence electrons. The molecule has 1 amide bonds. The van der Waals surface area contributed by atoms with Crippen molar-refractivity contribution in [2.24, 2.45) is 5.92 Å². The van der Waals surface area contributed by atoms with Crippen molar-refractivity contribution in [1.82, 2.24) is 14.7 Å². The van der Waals surface area contributed by atoms with Gasteiger partial charge in [-0.3, -0.25) is 4.79 Å². The Morgan fingerprint density at radius 2 is 2.12 bits per heavy atom. The second kappa shape index (κ2) is 8.32. The lowest BCUT2D eigenvalue weighted by atomic mass is 10.1. The summed E-state index contributed by atoms with van der Waals surface area (Å²) in [5.74, 6) is 0.502. The first-order chi connectivity index (χ1) is 12.6. The molecular formula is C21H27N3O2. The van der Waals surface area contributed by atoms with Crippen molar-refractivity contribution in [3.63, 3.8) is 0 Å². The molecule has 5 nitrogen and oxygen atoms in total. The number of ether oxygens (including phenoxy) is 1. The predicted molar refractivity (Wildman–Crippen MR) is 103 cm³/mol. The first-order valence-electron chi connectivity index (χ1n) is 9.26. The number of aryl methyl sites for hydroxylation is 1. The van der Waals surface area contributed by atoms with E-state index < -0.39 is 0 Å². The number of para-hydroxylation sites is 1. The fraction of sp³-hybridized carbons (Fsp3) is 0.429. The van der Waals surface area contributed by atoms with Crippen LogP contribution in [0.5, 0.6) is 0 Å². The number of carbonyl (C=O) groups is 1. The van der Waals surface area contributed by atoms with Crippen LogP contribution in [-0.2, 0) is 9.53 Å². The molecule has 1 atom stereocenters. The fourth-order valence-corrected chi connectivity index (χ4v) is 3.39. The Morgan fingerprint density at radius 1 is 1.35 bits per heavy atom. The van der Waals surface area contributed by atoms with Crippen molar-refractivity contribution < 1.29 is 9.53 Å². The molecule has 1 aromatic carbocycles. The molecule has 1 fully saturated rings. The Balaban J connectivity index is 1.75. The van der Waals surface area contributed by atoms with E-state index in [1.165, 1.54) is 0 Å². The zero-order valence-corrected chi connectivity index (χ0v) is 15.8. The van der Waals surface area contributed by atoms with Crippen molar-refractivity contribution in [3.05, 3.63) is 53.4 Å². The number of carbonyl (C=O) groups excluding carboxylic acids is 1. The SMILES string of the molecule is CCN(CC1CCOC1)C(=O)C=Cc1c(C)nn(-c2ccccc2)c1C. The molecule has 1 aliphatic rings. The second-order valence-electron chi connectivity index (χ2n) is 6.77. The topological polar surface area (TPSA) is 47.4 Å². The van der Waals surface area contributed by atoms with E-state index >= 15 is 0 Å². The normalized spacial score (nSPS) is 17.1. The highest BCUT2D eigenvalue weighted by molar-refractivity contribution is 5.92. The number of aromatic nitrogens is 2. The minimum atomic E-state index is 0.0469. The molecule has 0 aliphatic carbocycles. The van der Waals surface area contributed by atoms with Crippen LogP contribution in [0.1, 0.15) is 30.3 Å². The zero-order chi connectivity index (χ0) is 18.5. The average Bonchev–Trinajstić information content (AvgIpc) is 3.27. The van der Waals surface area contributed by atoms with Crippen LogP contribution >= 0.6 is 0 Å². The third kappa shape index (κ3) is 4.05. The van der Waals surface area contributed by atoms with E-state index in [-0.39, 0.29) is 5.91 Å². The molecule has 3 rings (SSSR count). The van der Waals surface area contributed by atoms with E-state index in [4.69, 9.17) is 4.74 Å². The summed E-state index contributed by atoms with van der Waals surface area (Å²) < 4.78 is 7.34. The Kier molecular flexibility index (Phi) is 5.89. The summed E-state index contributed by atoms with van der Waals surface area (Å²) in [7, 11) is 0. The molecule has 1 unspecified atom stereocenters. The number of amides is 1. The Labute approximate surface area is 155 Å². The van der Waals surface area contributed by atoms with Gasteiger partial charge in [-0.1, -0.05) is 18.2 Å². The van der Waals surface area contributed by atoms with Gasteiger partial charge >= 0.3 is 0 Å². The van der Waals surface area contributed by atoms with Crippen molar-refractivity contribution in [3.8, 4) is 5.69 Å².